The van der Waals surface area contributed by atoms with E-state index in [-0.39, 0.29) is 0 Å². The Morgan fingerprint density at radius 2 is 1.72 bits per heavy atom. The van der Waals surface area contributed by atoms with Crippen molar-refractivity contribution < 1.29 is 0 Å². The fourth-order valence-electron chi connectivity index (χ4n) is 2.02. The van der Waals surface area contributed by atoms with E-state index < -0.39 is 0 Å². The minimum absolute atomic E-state index is 0.735. The molecule has 2 aromatic heterocycles. The molecule has 3 nitrogen and oxygen atoms in total. The van der Waals surface area contributed by atoms with Gasteiger partial charge >= 0.3 is 0 Å². The average Bonchev–Trinajstić information content (AvgIpc) is 2.39. The first kappa shape index (κ1) is 10.7. The number of nitrogens with two attached hydrogens (primary N) is 1. The predicted molar refractivity (Wildman–Crippen MR) is 74.1 cm³/mol. The van der Waals surface area contributed by atoms with Gasteiger partial charge in [-0.2, -0.15) is 0 Å². The van der Waals surface area contributed by atoms with E-state index in [0.717, 1.165) is 33.7 Å². The maximum absolute atomic E-state index is 6.06. The molecule has 1 aromatic carbocycles. The molecule has 0 bridgehead atoms. The van der Waals surface area contributed by atoms with Gasteiger partial charge in [0, 0.05) is 16.8 Å². The Hall–Kier alpha value is -2.42. The number of rotatable bonds is 1. The van der Waals surface area contributed by atoms with Crippen LogP contribution in [0.15, 0.2) is 48.5 Å². The molecule has 3 aromatic rings. The molecule has 0 atom stereocenters. The van der Waals surface area contributed by atoms with Crippen LogP contribution in [0, 0.1) is 6.92 Å². The van der Waals surface area contributed by atoms with Crippen molar-refractivity contribution in [2.75, 3.05) is 5.73 Å². The van der Waals surface area contributed by atoms with Gasteiger partial charge in [-0.3, -0.25) is 4.98 Å². The lowest BCUT2D eigenvalue weighted by Crippen LogP contribution is -1.94. The molecule has 0 fully saturated rings. The Morgan fingerprint density at radius 1 is 0.889 bits per heavy atom. The summed E-state index contributed by atoms with van der Waals surface area (Å²) in [5.41, 5.74) is 10.3. The van der Waals surface area contributed by atoms with Crippen molar-refractivity contribution in [1.29, 1.82) is 0 Å². The van der Waals surface area contributed by atoms with Gasteiger partial charge in [0.25, 0.3) is 0 Å². The Kier molecular flexibility index (Phi) is 2.45. The molecular weight excluding hydrogens is 222 g/mol. The molecule has 0 aliphatic heterocycles. The number of aromatic nitrogens is 2. The van der Waals surface area contributed by atoms with Gasteiger partial charge in [-0.25, -0.2) is 4.98 Å². The van der Waals surface area contributed by atoms with Crippen LogP contribution in [-0.4, -0.2) is 9.97 Å². The lowest BCUT2D eigenvalue weighted by atomic mass is 10.1. The van der Waals surface area contributed by atoms with Crippen LogP contribution in [0.2, 0.25) is 0 Å². The molecule has 2 heterocycles. The fraction of sp³-hybridized carbons (Fsp3) is 0.0667. The van der Waals surface area contributed by atoms with Crippen molar-refractivity contribution in [3.05, 3.63) is 54.2 Å². The van der Waals surface area contributed by atoms with E-state index in [1.54, 1.807) is 0 Å². The number of aryl methyl sites for hydroxylation is 1. The van der Waals surface area contributed by atoms with Crippen molar-refractivity contribution in [2.45, 2.75) is 6.92 Å². The molecule has 88 valence electrons. The summed E-state index contributed by atoms with van der Waals surface area (Å²) in [7, 11) is 0. The molecule has 0 aliphatic carbocycles. The lowest BCUT2D eigenvalue weighted by Gasteiger charge is -2.06. The number of nitrogens with zero attached hydrogens (tertiary/aromatic N) is 2. The highest BCUT2D eigenvalue weighted by molar-refractivity contribution is 5.92. The van der Waals surface area contributed by atoms with E-state index in [1.165, 1.54) is 0 Å². The SMILES string of the molecule is Cc1cccc(-c2cc(N)c3ccccc3n2)n1. The zero-order valence-corrected chi connectivity index (χ0v) is 10.1. The van der Waals surface area contributed by atoms with Crippen LogP contribution in [0.5, 0.6) is 0 Å². The summed E-state index contributed by atoms with van der Waals surface area (Å²) in [6.45, 7) is 1.97. The molecule has 3 heteroatoms. The lowest BCUT2D eigenvalue weighted by molar-refractivity contribution is 1.19. The van der Waals surface area contributed by atoms with Gasteiger partial charge in [0.1, 0.15) is 0 Å². The summed E-state index contributed by atoms with van der Waals surface area (Å²) in [4.78, 5) is 9.08. The van der Waals surface area contributed by atoms with Crippen LogP contribution >= 0.6 is 0 Å². The van der Waals surface area contributed by atoms with E-state index in [2.05, 4.69) is 9.97 Å². The zero-order valence-electron chi connectivity index (χ0n) is 10.1. The summed E-state index contributed by atoms with van der Waals surface area (Å²) in [5.74, 6) is 0. The van der Waals surface area contributed by atoms with Crippen molar-refractivity contribution in [1.82, 2.24) is 9.97 Å². The fourth-order valence-corrected chi connectivity index (χ4v) is 2.02. The van der Waals surface area contributed by atoms with Gasteiger partial charge in [-0.05, 0) is 31.2 Å². The van der Waals surface area contributed by atoms with Gasteiger partial charge in [-0.1, -0.05) is 24.3 Å². The molecule has 0 aliphatic rings. The third kappa shape index (κ3) is 1.80. The molecule has 0 amide bonds. The molecule has 2 N–H and O–H groups in total. The molecule has 3 rings (SSSR count). The van der Waals surface area contributed by atoms with Crippen LogP contribution < -0.4 is 5.73 Å². The molecule has 18 heavy (non-hydrogen) atoms. The summed E-state index contributed by atoms with van der Waals surface area (Å²) >= 11 is 0. The maximum atomic E-state index is 6.06. The summed E-state index contributed by atoms with van der Waals surface area (Å²) in [5, 5.41) is 0.980. The highest BCUT2D eigenvalue weighted by atomic mass is 14.8. The first-order valence-electron chi connectivity index (χ1n) is 5.83. The monoisotopic (exact) mass is 235 g/mol. The van der Waals surface area contributed by atoms with Gasteiger partial charge in [0.05, 0.1) is 16.9 Å². The zero-order chi connectivity index (χ0) is 12.5. The second-order valence-corrected chi connectivity index (χ2v) is 4.28. The van der Waals surface area contributed by atoms with Crippen LogP contribution in [-0.2, 0) is 0 Å². The number of para-hydroxylation sites is 1. The van der Waals surface area contributed by atoms with E-state index in [4.69, 9.17) is 5.73 Å². The van der Waals surface area contributed by atoms with Crippen LogP contribution in [0.3, 0.4) is 0 Å². The van der Waals surface area contributed by atoms with Gasteiger partial charge < -0.3 is 5.73 Å². The van der Waals surface area contributed by atoms with E-state index in [0.29, 0.717) is 0 Å². The predicted octanol–water partition coefficient (Wildman–Crippen LogP) is 3.19. The highest BCUT2D eigenvalue weighted by Crippen LogP contribution is 2.25. The summed E-state index contributed by atoms with van der Waals surface area (Å²) in [6, 6.07) is 15.6. The third-order valence-corrected chi connectivity index (χ3v) is 2.90. The second kappa shape index (κ2) is 4.11. The van der Waals surface area contributed by atoms with Gasteiger partial charge in [-0.15, -0.1) is 0 Å². The Balaban J connectivity index is 2.24. The van der Waals surface area contributed by atoms with Crippen molar-refractivity contribution >= 4 is 16.6 Å². The Labute approximate surface area is 105 Å². The number of anilines is 1. The molecule has 0 saturated heterocycles. The van der Waals surface area contributed by atoms with Crippen molar-refractivity contribution in [3.8, 4) is 11.4 Å². The van der Waals surface area contributed by atoms with Crippen LogP contribution in [0.25, 0.3) is 22.3 Å². The van der Waals surface area contributed by atoms with Crippen molar-refractivity contribution in [2.24, 2.45) is 0 Å². The summed E-state index contributed by atoms with van der Waals surface area (Å²) in [6.07, 6.45) is 0. The number of hydrogen-bond acceptors (Lipinski definition) is 3. The minimum atomic E-state index is 0.735. The first-order valence-corrected chi connectivity index (χ1v) is 5.83. The first-order chi connectivity index (χ1) is 8.74. The van der Waals surface area contributed by atoms with Crippen LogP contribution in [0.1, 0.15) is 5.69 Å². The average molecular weight is 235 g/mol. The van der Waals surface area contributed by atoms with Gasteiger partial charge in [0.15, 0.2) is 0 Å². The summed E-state index contributed by atoms with van der Waals surface area (Å²) < 4.78 is 0. The number of benzene rings is 1. The molecule has 0 saturated carbocycles. The Morgan fingerprint density at radius 3 is 2.56 bits per heavy atom. The molecule has 0 radical (unpaired) electrons. The normalized spacial score (nSPS) is 10.7. The largest absolute Gasteiger partial charge is 0.398 e. The topological polar surface area (TPSA) is 51.8 Å². The molecule has 0 spiro atoms. The van der Waals surface area contributed by atoms with Gasteiger partial charge in [0.2, 0.25) is 0 Å². The quantitative estimate of drug-likeness (QED) is 0.704. The molecular formula is C15H13N3. The smallest absolute Gasteiger partial charge is 0.0914 e. The Bertz CT molecular complexity index is 720. The van der Waals surface area contributed by atoms with E-state index in [9.17, 15) is 0 Å². The van der Waals surface area contributed by atoms with Crippen molar-refractivity contribution in [3.63, 3.8) is 0 Å². The number of pyridine rings is 2. The number of fused-ring (bicyclic) bond motifs is 1. The van der Waals surface area contributed by atoms with E-state index >= 15 is 0 Å². The van der Waals surface area contributed by atoms with E-state index in [1.807, 2.05) is 55.5 Å². The minimum Gasteiger partial charge on any atom is -0.398 e. The third-order valence-electron chi connectivity index (χ3n) is 2.90. The number of nitrogen functional groups attached to an aromatic ring is 1. The maximum Gasteiger partial charge on any atom is 0.0914 e. The highest BCUT2D eigenvalue weighted by Gasteiger charge is 2.06. The second-order valence-electron chi connectivity index (χ2n) is 4.28. The number of hydrogen-bond donors (Lipinski definition) is 1. The standard InChI is InChI=1S/C15H13N3/c1-10-5-4-8-14(17-10)15-9-12(16)11-6-2-3-7-13(11)18-15/h2-9H,1H3,(H2,16,18). The van der Waals surface area contributed by atoms with Crippen LogP contribution in [0.4, 0.5) is 5.69 Å². The molecule has 0 unspecified atom stereocenters.